The number of fused-ring (bicyclic) bond motifs is 11. The molecular weight excluding hydrogens is 757 g/mol. The smallest absolute Gasteiger partial charge is 0.227 e. The molecule has 3 heterocycles. The van der Waals surface area contributed by atoms with Crippen LogP contribution < -0.4 is 4.90 Å². The fourth-order valence-corrected chi connectivity index (χ4v) is 9.70. The molecule has 0 aliphatic rings. The van der Waals surface area contributed by atoms with Gasteiger partial charge < -0.3 is 18.5 Å². The number of oxazole rings is 1. The van der Waals surface area contributed by atoms with Crippen LogP contribution in [-0.4, -0.2) is 14.1 Å². The Bertz CT molecular complexity index is 3810. The lowest BCUT2D eigenvalue weighted by Gasteiger charge is -2.26. The predicted octanol–water partition coefficient (Wildman–Crippen LogP) is 15.5. The summed E-state index contributed by atoms with van der Waals surface area (Å²) in [7, 11) is 0. The Labute approximate surface area is 356 Å². The molecule has 5 heteroatoms. The predicted molar refractivity (Wildman–Crippen MR) is 258 cm³/mol. The second-order valence-corrected chi connectivity index (χ2v) is 16.0. The first kappa shape index (κ1) is 34.5. The lowest BCUT2D eigenvalue weighted by Crippen LogP contribution is -2.10. The van der Waals surface area contributed by atoms with Crippen molar-refractivity contribution in [2.45, 2.75) is 0 Å². The monoisotopic (exact) mass is 792 g/mol. The number of hydrogen-bond acceptors (Lipinski definition) is 3. The number of anilines is 3. The average molecular weight is 793 g/mol. The molecule has 0 unspecified atom stereocenters. The Morgan fingerprint density at radius 1 is 0.371 bits per heavy atom. The summed E-state index contributed by atoms with van der Waals surface area (Å²) in [5, 5.41) is 9.32. The van der Waals surface area contributed by atoms with Gasteiger partial charge in [0.25, 0.3) is 0 Å². The van der Waals surface area contributed by atoms with E-state index in [4.69, 9.17) is 9.40 Å². The summed E-state index contributed by atoms with van der Waals surface area (Å²) in [5.74, 6) is 0.619. The molecule has 0 saturated heterocycles. The highest BCUT2D eigenvalue weighted by Crippen LogP contribution is 2.43. The van der Waals surface area contributed by atoms with Crippen molar-refractivity contribution in [3.63, 3.8) is 0 Å². The minimum Gasteiger partial charge on any atom is -0.435 e. The van der Waals surface area contributed by atoms with Gasteiger partial charge in [-0.1, -0.05) is 121 Å². The summed E-state index contributed by atoms with van der Waals surface area (Å²) in [6.07, 6.45) is 0. The highest BCUT2D eigenvalue weighted by atomic mass is 16.3. The maximum atomic E-state index is 6.66. The van der Waals surface area contributed by atoms with Crippen molar-refractivity contribution in [3.05, 3.63) is 218 Å². The van der Waals surface area contributed by atoms with Crippen molar-refractivity contribution in [2.24, 2.45) is 0 Å². The summed E-state index contributed by atoms with van der Waals surface area (Å²) >= 11 is 0. The maximum absolute atomic E-state index is 6.66. The molecule has 0 fully saturated rings. The molecule has 290 valence electrons. The maximum Gasteiger partial charge on any atom is 0.227 e. The normalized spacial score (nSPS) is 11.9. The van der Waals surface area contributed by atoms with E-state index in [2.05, 4.69) is 202 Å². The second kappa shape index (κ2) is 13.6. The van der Waals surface area contributed by atoms with Crippen LogP contribution in [-0.2, 0) is 0 Å². The Hall–Kier alpha value is -8.41. The van der Waals surface area contributed by atoms with E-state index >= 15 is 0 Å². The van der Waals surface area contributed by atoms with Gasteiger partial charge in [-0.25, -0.2) is 4.98 Å². The first-order valence-corrected chi connectivity index (χ1v) is 21.0. The highest BCUT2D eigenvalue weighted by molar-refractivity contribution is 6.19. The number of benzene rings is 10. The van der Waals surface area contributed by atoms with Crippen LogP contribution in [0.25, 0.3) is 99.1 Å². The van der Waals surface area contributed by atoms with E-state index in [9.17, 15) is 0 Å². The summed E-state index contributed by atoms with van der Waals surface area (Å²) in [4.78, 5) is 7.34. The van der Waals surface area contributed by atoms with Crippen LogP contribution >= 0.6 is 0 Å². The first-order chi connectivity index (χ1) is 30.7. The van der Waals surface area contributed by atoms with Crippen LogP contribution in [0.3, 0.4) is 0 Å². The molecule has 0 N–H and O–H groups in total. The third kappa shape index (κ3) is 5.25. The molecule has 0 radical (unpaired) electrons. The van der Waals surface area contributed by atoms with Gasteiger partial charge in [0.1, 0.15) is 5.52 Å². The molecule has 0 saturated carbocycles. The van der Waals surface area contributed by atoms with E-state index in [1.165, 1.54) is 38.1 Å². The van der Waals surface area contributed by atoms with E-state index in [1.54, 1.807) is 0 Å². The lowest BCUT2D eigenvalue weighted by atomic mass is 10.00. The van der Waals surface area contributed by atoms with Gasteiger partial charge in [0.05, 0.1) is 22.1 Å². The van der Waals surface area contributed by atoms with Crippen LogP contribution in [0.4, 0.5) is 17.1 Å². The molecule has 0 amide bonds. The molecule has 0 bridgehead atoms. The zero-order valence-corrected chi connectivity index (χ0v) is 33.5. The SMILES string of the molecule is c1ccc(-c2nc3ccc4ccc5ccc(N(c6ccc(-n7c8ccccc8c8ccccc87)cc6)c6ccc7c8ccccc8n(-c8ccccc8)c7c6)cc5c4c3o2)cc1. The van der Waals surface area contributed by atoms with Gasteiger partial charge in [0, 0.05) is 60.9 Å². The van der Waals surface area contributed by atoms with Gasteiger partial charge in [-0.05, 0) is 113 Å². The van der Waals surface area contributed by atoms with Crippen LogP contribution in [0.1, 0.15) is 0 Å². The van der Waals surface area contributed by atoms with Crippen molar-refractivity contribution in [1.29, 1.82) is 0 Å². The standard InChI is InChI=1S/C57H36N4O/c1-3-13-39(14-4-1)57-58-50-34-26-38-24-23-37-25-27-43(35-49(37)55(38)56(50)62-57)59(41-28-30-42(31-29-41)60-51-20-10-7-17-45(51)46-18-8-11-21-52(46)60)44-32-33-48-47-19-9-12-22-53(47)61(54(48)36-44)40-15-5-2-6-16-40/h1-36H. The zero-order valence-electron chi connectivity index (χ0n) is 33.5. The number of aromatic nitrogens is 3. The number of nitrogens with zero attached hydrogens (tertiary/aromatic N) is 4. The number of hydrogen-bond donors (Lipinski definition) is 0. The number of rotatable bonds is 6. The van der Waals surface area contributed by atoms with E-state index in [1.807, 2.05) is 30.3 Å². The van der Waals surface area contributed by atoms with E-state index in [-0.39, 0.29) is 0 Å². The Balaban J connectivity index is 1.04. The van der Waals surface area contributed by atoms with Gasteiger partial charge >= 0.3 is 0 Å². The molecule has 0 aliphatic heterocycles. The molecule has 0 aliphatic carbocycles. The summed E-state index contributed by atoms with van der Waals surface area (Å²) in [6.45, 7) is 0. The zero-order chi connectivity index (χ0) is 40.7. The summed E-state index contributed by atoms with van der Waals surface area (Å²) < 4.78 is 11.4. The van der Waals surface area contributed by atoms with Crippen molar-refractivity contribution in [3.8, 4) is 22.8 Å². The minimum atomic E-state index is 0.619. The fourth-order valence-electron chi connectivity index (χ4n) is 9.70. The minimum absolute atomic E-state index is 0.619. The molecule has 5 nitrogen and oxygen atoms in total. The molecule has 13 rings (SSSR count). The molecule has 3 aromatic heterocycles. The second-order valence-electron chi connectivity index (χ2n) is 16.0. The third-order valence-electron chi connectivity index (χ3n) is 12.5. The molecule has 0 spiro atoms. The molecule has 13 aromatic rings. The van der Waals surface area contributed by atoms with Crippen molar-refractivity contribution in [2.75, 3.05) is 4.90 Å². The highest BCUT2D eigenvalue weighted by Gasteiger charge is 2.20. The van der Waals surface area contributed by atoms with E-state index in [0.29, 0.717) is 5.89 Å². The van der Waals surface area contributed by atoms with Crippen LogP contribution in [0.2, 0.25) is 0 Å². The lowest BCUT2D eigenvalue weighted by molar-refractivity contribution is 0.623. The van der Waals surface area contributed by atoms with Crippen LogP contribution in [0.15, 0.2) is 223 Å². The fraction of sp³-hybridized carbons (Fsp3) is 0. The largest absolute Gasteiger partial charge is 0.435 e. The Morgan fingerprint density at radius 2 is 0.871 bits per heavy atom. The Kier molecular flexibility index (Phi) is 7.54. The topological polar surface area (TPSA) is 39.1 Å². The summed E-state index contributed by atoms with van der Waals surface area (Å²) in [5.41, 5.74) is 12.7. The molecule has 0 atom stereocenters. The van der Waals surface area contributed by atoms with Gasteiger partial charge in [-0.15, -0.1) is 0 Å². The first-order valence-electron chi connectivity index (χ1n) is 21.0. The molecular formula is C57H36N4O. The van der Waals surface area contributed by atoms with Crippen molar-refractivity contribution < 1.29 is 4.42 Å². The van der Waals surface area contributed by atoms with E-state index < -0.39 is 0 Å². The van der Waals surface area contributed by atoms with Crippen LogP contribution in [0.5, 0.6) is 0 Å². The van der Waals surface area contributed by atoms with E-state index in [0.717, 1.165) is 72.2 Å². The van der Waals surface area contributed by atoms with Crippen LogP contribution in [0, 0.1) is 0 Å². The van der Waals surface area contributed by atoms with Gasteiger partial charge in [0.15, 0.2) is 5.58 Å². The van der Waals surface area contributed by atoms with Gasteiger partial charge in [-0.2, -0.15) is 0 Å². The summed E-state index contributed by atoms with van der Waals surface area (Å²) in [6, 6.07) is 78.1. The average Bonchev–Trinajstić information content (AvgIpc) is 4.03. The molecule has 62 heavy (non-hydrogen) atoms. The van der Waals surface area contributed by atoms with Crippen molar-refractivity contribution >= 4 is 93.3 Å². The molecule has 10 aromatic carbocycles. The van der Waals surface area contributed by atoms with Gasteiger partial charge in [0.2, 0.25) is 5.89 Å². The van der Waals surface area contributed by atoms with Gasteiger partial charge in [-0.3, -0.25) is 0 Å². The van der Waals surface area contributed by atoms with Crippen molar-refractivity contribution in [1.82, 2.24) is 14.1 Å². The number of para-hydroxylation sites is 4. The quantitative estimate of drug-likeness (QED) is 0.157. The Morgan fingerprint density at radius 3 is 1.56 bits per heavy atom. The third-order valence-corrected chi connectivity index (χ3v) is 12.5.